The zero-order valence-electron chi connectivity index (χ0n) is 9.32. The number of pyridine rings is 1. The van der Waals surface area contributed by atoms with E-state index in [-0.39, 0.29) is 11.9 Å². The van der Waals surface area contributed by atoms with E-state index in [1.54, 1.807) is 6.07 Å². The number of aromatic nitrogens is 1. The van der Waals surface area contributed by atoms with Crippen LogP contribution in [-0.2, 0) is 0 Å². The van der Waals surface area contributed by atoms with Gasteiger partial charge in [-0.05, 0) is 32.3 Å². The maximum absolute atomic E-state index is 12.9. The molecule has 1 aromatic rings. The Kier molecular flexibility index (Phi) is 3.17. The first-order valence-electron chi connectivity index (χ1n) is 5.61. The van der Waals surface area contributed by atoms with Gasteiger partial charge in [0.15, 0.2) is 0 Å². The average Bonchev–Trinajstić information content (AvgIpc) is 2.29. The van der Waals surface area contributed by atoms with Gasteiger partial charge in [0.05, 0.1) is 0 Å². The molecule has 0 N–H and O–H groups in total. The fourth-order valence-corrected chi connectivity index (χ4v) is 2.10. The standard InChI is InChI=1S/C12H15FN2O/c1-9-4-2-3-7-15(9)12(16)10-5-6-14-11(13)8-10/h5-6,8-9H,2-4,7H2,1H3/t9-/m0/s1. The normalized spacial score (nSPS) is 20.9. The maximum Gasteiger partial charge on any atom is 0.254 e. The van der Waals surface area contributed by atoms with Gasteiger partial charge in [-0.15, -0.1) is 0 Å². The molecular formula is C12H15FN2O. The van der Waals surface area contributed by atoms with Crippen LogP contribution in [0.4, 0.5) is 4.39 Å². The van der Waals surface area contributed by atoms with Gasteiger partial charge in [-0.3, -0.25) is 4.79 Å². The first kappa shape index (κ1) is 11.0. The quantitative estimate of drug-likeness (QED) is 0.683. The van der Waals surface area contributed by atoms with E-state index in [0.29, 0.717) is 5.56 Å². The third kappa shape index (κ3) is 2.21. The minimum atomic E-state index is -0.601. The lowest BCUT2D eigenvalue weighted by Gasteiger charge is -2.33. The van der Waals surface area contributed by atoms with E-state index < -0.39 is 5.95 Å². The van der Waals surface area contributed by atoms with Gasteiger partial charge in [-0.1, -0.05) is 0 Å². The summed E-state index contributed by atoms with van der Waals surface area (Å²) >= 11 is 0. The van der Waals surface area contributed by atoms with Gasteiger partial charge in [0.2, 0.25) is 5.95 Å². The predicted octanol–water partition coefficient (Wildman–Crippen LogP) is 2.24. The van der Waals surface area contributed by atoms with Crippen molar-refractivity contribution < 1.29 is 9.18 Å². The molecule has 1 aliphatic rings. The molecule has 1 aromatic heterocycles. The molecule has 0 saturated carbocycles. The summed E-state index contributed by atoms with van der Waals surface area (Å²) in [5.41, 5.74) is 0.390. The highest BCUT2D eigenvalue weighted by molar-refractivity contribution is 5.94. The summed E-state index contributed by atoms with van der Waals surface area (Å²) in [6, 6.07) is 3.01. The SMILES string of the molecule is C[C@H]1CCCCN1C(=O)c1ccnc(F)c1. The first-order chi connectivity index (χ1) is 7.68. The molecular weight excluding hydrogens is 207 g/mol. The monoisotopic (exact) mass is 222 g/mol. The van der Waals surface area contributed by atoms with Crippen LogP contribution >= 0.6 is 0 Å². The predicted molar refractivity (Wildman–Crippen MR) is 58.5 cm³/mol. The Balaban J connectivity index is 2.17. The summed E-state index contributed by atoms with van der Waals surface area (Å²) in [6.07, 6.45) is 4.55. The lowest BCUT2D eigenvalue weighted by atomic mass is 10.0. The summed E-state index contributed by atoms with van der Waals surface area (Å²) in [5.74, 6) is -0.691. The Labute approximate surface area is 94.3 Å². The Morgan fingerprint density at radius 3 is 3.06 bits per heavy atom. The van der Waals surface area contributed by atoms with Crippen molar-refractivity contribution in [2.24, 2.45) is 0 Å². The molecule has 16 heavy (non-hydrogen) atoms. The van der Waals surface area contributed by atoms with Crippen molar-refractivity contribution in [2.75, 3.05) is 6.54 Å². The summed E-state index contributed by atoms with van der Waals surface area (Å²) in [5, 5.41) is 0. The van der Waals surface area contributed by atoms with Crippen LogP contribution in [0.2, 0.25) is 0 Å². The molecule has 86 valence electrons. The number of carbonyl (C=O) groups is 1. The van der Waals surface area contributed by atoms with Crippen LogP contribution in [-0.4, -0.2) is 28.4 Å². The maximum atomic E-state index is 12.9. The van der Waals surface area contributed by atoms with Crippen molar-refractivity contribution in [3.63, 3.8) is 0 Å². The molecule has 3 nitrogen and oxygen atoms in total. The number of carbonyl (C=O) groups excluding carboxylic acids is 1. The molecule has 0 bridgehead atoms. The number of halogens is 1. The Bertz CT molecular complexity index is 394. The molecule has 1 atom stereocenters. The number of piperidine rings is 1. The van der Waals surface area contributed by atoms with Gasteiger partial charge >= 0.3 is 0 Å². The van der Waals surface area contributed by atoms with Gasteiger partial charge in [0.1, 0.15) is 0 Å². The van der Waals surface area contributed by atoms with Crippen LogP contribution in [0.5, 0.6) is 0 Å². The van der Waals surface area contributed by atoms with E-state index in [0.717, 1.165) is 25.8 Å². The van der Waals surface area contributed by atoms with Crippen molar-refractivity contribution >= 4 is 5.91 Å². The minimum absolute atomic E-state index is 0.0894. The van der Waals surface area contributed by atoms with Crippen molar-refractivity contribution in [1.29, 1.82) is 0 Å². The van der Waals surface area contributed by atoms with E-state index in [1.165, 1.54) is 12.3 Å². The number of amides is 1. The van der Waals surface area contributed by atoms with Crippen molar-refractivity contribution in [3.8, 4) is 0 Å². The van der Waals surface area contributed by atoms with Crippen LogP contribution in [0, 0.1) is 5.95 Å². The Morgan fingerprint density at radius 1 is 1.56 bits per heavy atom. The fraction of sp³-hybridized carbons (Fsp3) is 0.500. The van der Waals surface area contributed by atoms with E-state index >= 15 is 0 Å². The second-order valence-electron chi connectivity index (χ2n) is 4.21. The fourth-order valence-electron chi connectivity index (χ4n) is 2.10. The molecule has 0 unspecified atom stereocenters. The van der Waals surface area contributed by atoms with E-state index in [2.05, 4.69) is 4.98 Å². The second-order valence-corrected chi connectivity index (χ2v) is 4.21. The summed E-state index contributed by atoms with van der Waals surface area (Å²) in [6.45, 7) is 2.80. The first-order valence-corrected chi connectivity index (χ1v) is 5.61. The molecule has 1 amide bonds. The van der Waals surface area contributed by atoms with Crippen molar-refractivity contribution in [3.05, 3.63) is 29.8 Å². The number of hydrogen-bond acceptors (Lipinski definition) is 2. The van der Waals surface area contributed by atoms with Crippen molar-refractivity contribution in [2.45, 2.75) is 32.2 Å². The number of rotatable bonds is 1. The van der Waals surface area contributed by atoms with Gasteiger partial charge in [-0.2, -0.15) is 4.39 Å². The Morgan fingerprint density at radius 2 is 2.38 bits per heavy atom. The highest BCUT2D eigenvalue weighted by Gasteiger charge is 2.24. The average molecular weight is 222 g/mol. The number of likely N-dealkylation sites (tertiary alicyclic amines) is 1. The van der Waals surface area contributed by atoms with Gasteiger partial charge in [0.25, 0.3) is 5.91 Å². The minimum Gasteiger partial charge on any atom is -0.336 e. The van der Waals surface area contributed by atoms with Crippen molar-refractivity contribution in [1.82, 2.24) is 9.88 Å². The molecule has 1 aliphatic heterocycles. The van der Waals surface area contributed by atoms with Gasteiger partial charge < -0.3 is 4.90 Å². The highest BCUT2D eigenvalue weighted by Crippen LogP contribution is 2.19. The molecule has 1 saturated heterocycles. The van der Waals surface area contributed by atoms with E-state index in [9.17, 15) is 9.18 Å². The van der Waals surface area contributed by atoms with Crippen LogP contribution in [0.3, 0.4) is 0 Å². The zero-order valence-corrected chi connectivity index (χ0v) is 9.32. The molecule has 0 aliphatic carbocycles. The van der Waals surface area contributed by atoms with Crippen LogP contribution in [0.1, 0.15) is 36.5 Å². The summed E-state index contributed by atoms with van der Waals surface area (Å²) < 4.78 is 12.9. The lowest BCUT2D eigenvalue weighted by Crippen LogP contribution is -2.42. The van der Waals surface area contributed by atoms with Crippen LogP contribution < -0.4 is 0 Å². The molecule has 0 radical (unpaired) electrons. The van der Waals surface area contributed by atoms with Gasteiger partial charge in [0, 0.05) is 30.4 Å². The summed E-state index contributed by atoms with van der Waals surface area (Å²) in [7, 11) is 0. The molecule has 1 fully saturated rings. The molecule has 0 aromatic carbocycles. The molecule has 4 heteroatoms. The third-order valence-corrected chi connectivity index (χ3v) is 3.04. The summed E-state index contributed by atoms with van der Waals surface area (Å²) in [4.78, 5) is 17.4. The van der Waals surface area contributed by atoms with E-state index in [4.69, 9.17) is 0 Å². The molecule has 2 rings (SSSR count). The second kappa shape index (κ2) is 4.60. The van der Waals surface area contributed by atoms with Crippen LogP contribution in [0.25, 0.3) is 0 Å². The largest absolute Gasteiger partial charge is 0.336 e. The highest BCUT2D eigenvalue weighted by atomic mass is 19.1. The molecule has 0 spiro atoms. The van der Waals surface area contributed by atoms with Gasteiger partial charge in [-0.25, -0.2) is 4.98 Å². The lowest BCUT2D eigenvalue weighted by molar-refractivity contribution is 0.0635. The topological polar surface area (TPSA) is 33.2 Å². The smallest absolute Gasteiger partial charge is 0.254 e. The third-order valence-electron chi connectivity index (χ3n) is 3.04. The number of hydrogen-bond donors (Lipinski definition) is 0. The molecule has 2 heterocycles. The number of nitrogens with zero attached hydrogens (tertiary/aromatic N) is 2. The zero-order chi connectivity index (χ0) is 11.5. The van der Waals surface area contributed by atoms with Crippen LogP contribution in [0.15, 0.2) is 18.3 Å². The Hall–Kier alpha value is -1.45. The van der Waals surface area contributed by atoms with E-state index in [1.807, 2.05) is 11.8 Å².